The fourth-order valence-electron chi connectivity index (χ4n) is 9.36. The van der Waals surface area contributed by atoms with Crippen molar-refractivity contribution in [2.45, 2.75) is 329 Å². The Kier molecular flexibility index (Phi) is 62.7. The van der Waals surface area contributed by atoms with Gasteiger partial charge < -0.3 is 14.2 Å². The van der Waals surface area contributed by atoms with Gasteiger partial charge in [0.25, 0.3) is 0 Å². The first-order valence-electron chi connectivity index (χ1n) is 33.2. The summed E-state index contributed by atoms with van der Waals surface area (Å²) in [6, 6.07) is 0. The van der Waals surface area contributed by atoms with E-state index in [0.29, 0.717) is 19.3 Å². The van der Waals surface area contributed by atoms with Crippen molar-refractivity contribution < 1.29 is 28.6 Å². The molecule has 1 atom stereocenters. The van der Waals surface area contributed by atoms with Crippen LogP contribution in [0.5, 0.6) is 0 Å². The average molecular weight is 1090 g/mol. The molecule has 0 bridgehead atoms. The van der Waals surface area contributed by atoms with E-state index in [2.05, 4.69) is 118 Å². The van der Waals surface area contributed by atoms with Crippen LogP contribution in [0.2, 0.25) is 0 Å². The molecule has 0 aliphatic rings. The Balaban J connectivity index is 4.11. The van der Waals surface area contributed by atoms with E-state index in [9.17, 15) is 14.4 Å². The summed E-state index contributed by atoms with van der Waals surface area (Å²) in [5, 5.41) is 0. The summed E-state index contributed by atoms with van der Waals surface area (Å²) < 4.78 is 16.8. The molecular weight excluding hydrogens is 961 g/mol. The van der Waals surface area contributed by atoms with Crippen LogP contribution in [-0.4, -0.2) is 37.2 Å². The molecule has 0 aromatic rings. The molecule has 0 N–H and O–H groups in total. The largest absolute Gasteiger partial charge is 0.462 e. The van der Waals surface area contributed by atoms with Crippen LogP contribution in [0, 0.1) is 0 Å². The molecular formula is C72H124O6. The normalized spacial score (nSPS) is 12.7. The first-order valence-corrected chi connectivity index (χ1v) is 33.2. The highest BCUT2D eigenvalue weighted by Gasteiger charge is 2.19. The van der Waals surface area contributed by atoms with E-state index in [1.165, 1.54) is 173 Å². The van der Waals surface area contributed by atoms with Crippen molar-refractivity contribution in [2.24, 2.45) is 0 Å². The minimum Gasteiger partial charge on any atom is -0.462 e. The van der Waals surface area contributed by atoms with Crippen LogP contribution in [0.3, 0.4) is 0 Å². The van der Waals surface area contributed by atoms with E-state index >= 15 is 0 Å². The Bertz CT molecular complexity index is 1530. The van der Waals surface area contributed by atoms with Gasteiger partial charge >= 0.3 is 17.9 Å². The monoisotopic (exact) mass is 1080 g/mol. The molecule has 0 saturated carbocycles. The van der Waals surface area contributed by atoms with Crippen LogP contribution in [0.4, 0.5) is 0 Å². The fraction of sp³-hybridized carbons (Fsp3) is 0.736. The number of ether oxygens (including phenoxy) is 3. The number of carbonyl (C=O) groups is 3. The van der Waals surface area contributed by atoms with Crippen LogP contribution in [0.15, 0.2) is 97.2 Å². The lowest BCUT2D eigenvalue weighted by Gasteiger charge is -2.18. The van der Waals surface area contributed by atoms with Crippen molar-refractivity contribution in [1.82, 2.24) is 0 Å². The van der Waals surface area contributed by atoms with Crippen LogP contribution in [0.1, 0.15) is 323 Å². The third-order valence-electron chi connectivity index (χ3n) is 14.3. The first kappa shape index (κ1) is 74.3. The van der Waals surface area contributed by atoms with E-state index < -0.39 is 6.10 Å². The van der Waals surface area contributed by atoms with Crippen LogP contribution in [-0.2, 0) is 28.6 Å². The molecule has 0 radical (unpaired) electrons. The quantitative estimate of drug-likeness (QED) is 0.0261. The summed E-state index contributed by atoms with van der Waals surface area (Å²) in [5.74, 6) is -0.891. The maximum absolute atomic E-state index is 12.9. The Morgan fingerprint density at radius 3 is 0.795 bits per heavy atom. The molecule has 448 valence electrons. The maximum Gasteiger partial charge on any atom is 0.306 e. The molecule has 0 heterocycles. The second kappa shape index (κ2) is 65.8. The van der Waals surface area contributed by atoms with Crippen LogP contribution >= 0.6 is 0 Å². The maximum atomic E-state index is 12.9. The SMILES string of the molecule is CC/C=C\C/C=C\C/C=C\C/C=C\C/C=C\C/C=C\C/C=C\CCCCCCCCCC(=O)OCC(COC(=O)CCCCCCCC)OC(=O)CCCCCCCCCCCCCCC/C=C\CCCCCCCCCC. The third kappa shape index (κ3) is 63.2. The van der Waals surface area contributed by atoms with E-state index in [0.717, 1.165) is 109 Å². The molecule has 1 unspecified atom stereocenters. The summed E-state index contributed by atoms with van der Waals surface area (Å²) in [4.78, 5) is 38.1. The second-order valence-electron chi connectivity index (χ2n) is 22.0. The lowest BCUT2D eigenvalue weighted by atomic mass is 10.0. The zero-order valence-electron chi connectivity index (χ0n) is 51.4. The van der Waals surface area contributed by atoms with Crippen molar-refractivity contribution in [3.8, 4) is 0 Å². The van der Waals surface area contributed by atoms with Crippen molar-refractivity contribution in [3.63, 3.8) is 0 Å². The average Bonchev–Trinajstić information content (AvgIpc) is 3.44. The Labute approximate surface area is 483 Å². The van der Waals surface area contributed by atoms with Crippen LogP contribution in [0.25, 0.3) is 0 Å². The topological polar surface area (TPSA) is 78.9 Å². The molecule has 0 amide bonds. The van der Waals surface area contributed by atoms with Crippen LogP contribution < -0.4 is 0 Å². The highest BCUT2D eigenvalue weighted by atomic mass is 16.6. The van der Waals surface area contributed by atoms with Gasteiger partial charge in [0.1, 0.15) is 13.2 Å². The molecule has 0 saturated heterocycles. The van der Waals surface area contributed by atoms with Crippen molar-refractivity contribution in [2.75, 3.05) is 13.2 Å². The van der Waals surface area contributed by atoms with Gasteiger partial charge in [-0.15, -0.1) is 0 Å². The first-order chi connectivity index (χ1) is 38.5. The number of unbranched alkanes of at least 4 members (excludes halogenated alkanes) is 33. The lowest BCUT2D eigenvalue weighted by molar-refractivity contribution is -0.167. The number of hydrogen-bond acceptors (Lipinski definition) is 6. The summed E-state index contributed by atoms with van der Waals surface area (Å²) in [6.07, 6.45) is 88.9. The molecule has 0 aromatic heterocycles. The molecule has 0 aliphatic carbocycles. The number of hydrogen-bond donors (Lipinski definition) is 0. The van der Waals surface area contributed by atoms with Gasteiger partial charge in [-0.05, 0) is 103 Å². The van der Waals surface area contributed by atoms with Gasteiger partial charge in [0.15, 0.2) is 6.10 Å². The zero-order chi connectivity index (χ0) is 56.4. The molecule has 78 heavy (non-hydrogen) atoms. The number of esters is 3. The van der Waals surface area contributed by atoms with E-state index in [1.54, 1.807) is 0 Å². The number of rotatable bonds is 60. The van der Waals surface area contributed by atoms with Crippen molar-refractivity contribution in [1.29, 1.82) is 0 Å². The minimum absolute atomic E-state index is 0.0793. The van der Waals surface area contributed by atoms with Gasteiger partial charge in [-0.2, -0.15) is 0 Å². The summed E-state index contributed by atoms with van der Waals surface area (Å²) in [5.41, 5.74) is 0. The van der Waals surface area contributed by atoms with Gasteiger partial charge in [0, 0.05) is 19.3 Å². The van der Waals surface area contributed by atoms with E-state index in [-0.39, 0.29) is 31.1 Å². The Morgan fingerprint density at radius 1 is 0.269 bits per heavy atom. The lowest BCUT2D eigenvalue weighted by Crippen LogP contribution is -2.30. The third-order valence-corrected chi connectivity index (χ3v) is 14.3. The summed E-state index contributed by atoms with van der Waals surface area (Å²) in [6.45, 7) is 6.48. The predicted octanol–water partition coefficient (Wildman–Crippen LogP) is 22.8. The highest BCUT2D eigenvalue weighted by Crippen LogP contribution is 2.16. The molecule has 6 nitrogen and oxygen atoms in total. The molecule has 0 fully saturated rings. The van der Waals surface area contributed by atoms with Gasteiger partial charge in [-0.1, -0.05) is 298 Å². The Hall–Kier alpha value is -3.67. The molecule has 0 aromatic carbocycles. The minimum atomic E-state index is -0.780. The molecule has 6 heteroatoms. The van der Waals surface area contributed by atoms with Gasteiger partial charge in [0.2, 0.25) is 0 Å². The van der Waals surface area contributed by atoms with Gasteiger partial charge in [-0.25, -0.2) is 0 Å². The molecule has 0 aliphatic heterocycles. The van der Waals surface area contributed by atoms with Crippen molar-refractivity contribution >= 4 is 17.9 Å². The molecule has 0 spiro atoms. The Morgan fingerprint density at radius 2 is 0.500 bits per heavy atom. The van der Waals surface area contributed by atoms with Gasteiger partial charge in [-0.3, -0.25) is 14.4 Å². The second-order valence-corrected chi connectivity index (χ2v) is 22.0. The molecule has 0 rings (SSSR count). The van der Waals surface area contributed by atoms with Crippen molar-refractivity contribution in [3.05, 3.63) is 97.2 Å². The standard InChI is InChI=1S/C72H124O6/c1-4-7-10-13-16-18-20-22-24-26-28-30-32-34-35-36-37-39-40-42-44-46-48-50-52-54-56-59-62-65-71(74)77-68-69(67-76-70(73)64-61-58-15-12-9-6-3)78-72(75)66-63-60-57-55-53-51-49-47-45-43-41-38-33-31-29-27-25-23-21-19-17-14-11-8-5-2/h7,10,16,18,22,24,27-30,34-35,37,39,42,44,69H,4-6,8-9,11-15,17,19-21,23,25-26,31-33,36,38,40-41,43,45-68H2,1-3H3/b10-7-,18-16-,24-22-,29-27-,30-28-,35-34-,39-37-,44-42-. The predicted molar refractivity (Wildman–Crippen MR) is 339 cm³/mol. The number of carbonyl (C=O) groups excluding carboxylic acids is 3. The van der Waals surface area contributed by atoms with E-state index in [1.807, 2.05) is 0 Å². The fourth-order valence-corrected chi connectivity index (χ4v) is 9.36. The highest BCUT2D eigenvalue weighted by molar-refractivity contribution is 5.71. The van der Waals surface area contributed by atoms with Gasteiger partial charge in [0.05, 0.1) is 0 Å². The summed E-state index contributed by atoms with van der Waals surface area (Å²) >= 11 is 0. The zero-order valence-corrected chi connectivity index (χ0v) is 51.4. The van der Waals surface area contributed by atoms with E-state index in [4.69, 9.17) is 14.2 Å². The smallest absolute Gasteiger partial charge is 0.306 e. The summed E-state index contributed by atoms with van der Waals surface area (Å²) in [7, 11) is 0. The number of allylic oxidation sites excluding steroid dienone is 16.